The van der Waals surface area contributed by atoms with Crippen molar-refractivity contribution in [3.05, 3.63) is 59.0 Å². The molecule has 0 saturated carbocycles. The number of Topliss-reactive ketones (excluding diaryl/α,β-unsaturated/α-hetero) is 1. The molecule has 1 aromatic heterocycles. The van der Waals surface area contributed by atoms with Crippen LogP contribution >= 0.6 is 0 Å². The van der Waals surface area contributed by atoms with Crippen LogP contribution in [0.5, 0.6) is 0 Å². The summed E-state index contributed by atoms with van der Waals surface area (Å²) in [6, 6.07) is 9.51. The molecule has 2 nitrogen and oxygen atoms in total. The lowest BCUT2D eigenvalue weighted by Gasteiger charge is -2.07. The number of ketones is 1. The molecule has 1 aromatic carbocycles. The van der Waals surface area contributed by atoms with Crippen LogP contribution < -0.4 is 0 Å². The molecule has 2 rings (SSSR count). The highest BCUT2D eigenvalue weighted by Gasteiger charge is 2.13. The number of carbonyl (C=O) groups excluding carboxylic acids is 1. The molecule has 0 amide bonds. The Balaban J connectivity index is 2.28. The second-order valence-electron chi connectivity index (χ2n) is 3.95. The van der Waals surface area contributed by atoms with Crippen LogP contribution in [0.1, 0.15) is 27.2 Å². The molecule has 0 fully saturated rings. The number of aryl methyl sites for hydroxylation is 2. The lowest BCUT2D eigenvalue weighted by Crippen LogP contribution is -2.07. The number of carbonyl (C=O) groups is 1. The molecule has 0 aliphatic carbocycles. The van der Waals surface area contributed by atoms with Gasteiger partial charge in [-0.15, -0.1) is 0 Å². The first kappa shape index (κ1) is 10.7. The standard InChI is InChI=1S/C14H14O2/c1-10-5-3-6-11(2)14(10)13(15)9-12-7-4-8-16-12/h3-8H,9H2,1-2H3. The van der Waals surface area contributed by atoms with Crippen molar-refractivity contribution in [3.8, 4) is 0 Å². The quantitative estimate of drug-likeness (QED) is 0.734. The minimum atomic E-state index is 0.116. The van der Waals surface area contributed by atoms with Crippen molar-refractivity contribution in [3.63, 3.8) is 0 Å². The SMILES string of the molecule is Cc1cccc(C)c1C(=O)Cc1ccco1. The molecule has 0 bridgehead atoms. The van der Waals surface area contributed by atoms with Crippen LogP contribution in [0.25, 0.3) is 0 Å². The van der Waals surface area contributed by atoms with Gasteiger partial charge in [0.15, 0.2) is 5.78 Å². The molecular formula is C14H14O2. The average Bonchev–Trinajstić information content (AvgIpc) is 2.70. The summed E-state index contributed by atoms with van der Waals surface area (Å²) in [5, 5.41) is 0. The van der Waals surface area contributed by atoms with E-state index in [4.69, 9.17) is 4.42 Å². The minimum absolute atomic E-state index is 0.116. The first-order chi connectivity index (χ1) is 7.68. The maximum Gasteiger partial charge on any atom is 0.170 e. The van der Waals surface area contributed by atoms with Gasteiger partial charge in [-0.2, -0.15) is 0 Å². The minimum Gasteiger partial charge on any atom is -0.469 e. The summed E-state index contributed by atoms with van der Waals surface area (Å²) in [4.78, 5) is 12.1. The van der Waals surface area contributed by atoms with E-state index in [1.165, 1.54) is 0 Å². The molecule has 1 heterocycles. The number of rotatable bonds is 3. The summed E-state index contributed by atoms with van der Waals surface area (Å²) in [6.45, 7) is 3.92. The van der Waals surface area contributed by atoms with Gasteiger partial charge in [0.25, 0.3) is 0 Å². The van der Waals surface area contributed by atoms with Crippen molar-refractivity contribution < 1.29 is 9.21 Å². The monoisotopic (exact) mass is 214 g/mol. The number of furan rings is 1. The van der Waals surface area contributed by atoms with Gasteiger partial charge in [0.1, 0.15) is 5.76 Å². The van der Waals surface area contributed by atoms with Crippen LogP contribution in [0.4, 0.5) is 0 Å². The Morgan fingerprint density at radius 3 is 2.38 bits per heavy atom. The maximum atomic E-state index is 12.1. The Hall–Kier alpha value is -1.83. The zero-order valence-corrected chi connectivity index (χ0v) is 9.49. The fourth-order valence-electron chi connectivity index (χ4n) is 1.91. The van der Waals surface area contributed by atoms with Crippen LogP contribution in [0.2, 0.25) is 0 Å². The molecule has 0 spiro atoms. The highest BCUT2D eigenvalue weighted by molar-refractivity contribution is 5.99. The van der Waals surface area contributed by atoms with Crippen LogP contribution in [-0.2, 0) is 6.42 Å². The highest BCUT2D eigenvalue weighted by atomic mass is 16.3. The van der Waals surface area contributed by atoms with Crippen LogP contribution in [0.3, 0.4) is 0 Å². The topological polar surface area (TPSA) is 30.2 Å². The third-order valence-electron chi connectivity index (χ3n) is 2.67. The first-order valence-corrected chi connectivity index (χ1v) is 5.30. The molecule has 0 aliphatic rings. The molecule has 16 heavy (non-hydrogen) atoms. The lowest BCUT2D eigenvalue weighted by atomic mass is 9.97. The summed E-state index contributed by atoms with van der Waals surface area (Å²) in [6.07, 6.45) is 1.92. The Labute approximate surface area is 94.9 Å². The van der Waals surface area contributed by atoms with E-state index in [0.717, 1.165) is 16.7 Å². The van der Waals surface area contributed by atoms with Gasteiger partial charge < -0.3 is 4.42 Å². The van der Waals surface area contributed by atoms with E-state index < -0.39 is 0 Å². The lowest BCUT2D eigenvalue weighted by molar-refractivity contribution is 0.0986. The Morgan fingerprint density at radius 2 is 1.81 bits per heavy atom. The number of hydrogen-bond acceptors (Lipinski definition) is 2. The van der Waals surface area contributed by atoms with E-state index in [9.17, 15) is 4.79 Å². The van der Waals surface area contributed by atoms with Crippen molar-refractivity contribution in [2.45, 2.75) is 20.3 Å². The van der Waals surface area contributed by atoms with Crippen LogP contribution in [-0.4, -0.2) is 5.78 Å². The van der Waals surface area contributed by atoms with Crippen molar-refractivity contribution in [2.75, 3.05) is 0 Å². The molecule has 0 aliphatic heterocycles. The molecular weight excluding hydrogens is 200 g/mol. The second-order valence-corrected chi connectivity index (χ2v) is 3.95. The number of hydrogen-bond donors (Lipinski definition) is 0. The smallest absolute Gasteiger partial charge is 0.170 e. The zero-order chi connectivity index (χ0) is 11.5. The van der Waals surface area contributed by atoms with E-state index >= 15 is 0 Å². The third-order valence-corrected chi connectivity index (χ3v) is 2.67. The third kappa shape index (κ3) is 2.06. The summed E-state index contributed by atoms with van der Waals surface area (Å²) in [5.74, 6) is 0.832. The predicted octanol–water partition coefficient (Wildman–Crippen LogP) is 3.32. The Kier molecular flexibility index (Phi) is 2.91. The molecule has 82 valence electrons. The van der Waals surface area contributed by atoms with Gasteiger partial charge >= 0.3 is 0 Å². The van der Waals surface area contributed by atoms with E-state index in [2.05, 4.69) is 0 Å². The van der Waals surface area contributed by atoms with Crippen LogP contribution in [0, 0.1) is 13.8 Å². The normalized spacial score (nSPS) is 10.4. The van der Waals surface area contributed by atoms with E-state index in [0.29, 0.717) is 12.2 Å². The fraction of sp³-hybridized carbons (Fsp3) is 0.214. The summed E-state index contributed by atoms with van der Waals surface area (Å²) >= 11 is 0. The van der Waals surface area contributed by atoms with E-state index in [-0.39, 0.29) is 5.78 Å². The van der Waals surface area contributed by atoms with Crippen molar-refractivity contribution in [1.29, 1.82) is 0 Å². The summed E-state index contributed by atoms with van der Waals surface area (Å²) < 4.78 is 5.18. The van der Waals surface area contributed by atoms with E-state index in [1.54, 1.807) is 12.3 Å². The number of benzene rings is 1. The molecule has 0 saturated heterocycles. The Bertz CT molecular complexity index is 475. The Morgan fingerprint density at radius 1 is 1.12 bits per heavy atom. The van der Waals surface area contributed by atoms with Gasteiger partial charge in [-0.1, -0.05) is 18.2 Å². The van der Waals surface area contributed by atoms with Crippen molar-refractivity contribution in [1.82, 2.24) is 0 Å². The summed E-state index contributed by atoms with van der Waals surface area (Å²) in [5.41, 5.74) is 2.87. The molecule has 2 aromatic rings. The molecule has 0 N–H and O–H groups in total. The van der Waals surface area contributed by atoms with Gasteiger partial charge in [-0.3, -0.25) is 4.79 Å². The highest BCUT2D eigenvalue weighted by Crippen LogP contribution is 2.16. The molecule has 0 radical (unpaired) electrons. The summed E-state index contributed by atoms with van der Waals surface area (Å²) in [7, 11) is 0. The van der Waals surface area contributed by atoms with Gasteiger partial charge in [0, 0.05) is 5.56 Å². The van der Waals surface area contributed by atoms with Gasteiger partial charge in [0.05, 0.1) is 12.7 Å². The molecule has 0 unspecified atom stereocenters. The first-order valence-electron chi connectivity index (χ1n) is 5.30. The maximum absolute atomic E-state index is 12.1. The zero-order valence-electron chi connectivity index (χ0n) is 9.49. The van der Waals surface area contributed by atoms with Crippen LogP contribution in [0.15, 0.2) is 41.0 Å². The predicted molar refractivity (Wildman–Crippen MR) is 62.7 cm³/mol. The largest absolute Gasteiger partial charge is 0.469 e. The van der Waals surface area contributed by atoms with Gasteiger partial charge in [0.2, 0.25) is 0 Å². The van der Waals surface area contributed by atoms with E-state index in [1.807, 2.05) is 38.1 Å². The molecule has 0 atom stereocenters. The second kappa shape index (κ2) is 4.35. The van der Waals surface area contributed by atoms with Crippen molar-refractivity contribution >= 4 is 5.78 Å². The van der Waals surface area contributed by atoms with Crippen molar-refractivity contribution in [2.24, 2.45) is 0 Å². The average molecular weight is 214 g/mol. The van der Waals surface area contributed by atoms with Gasteiger partial charge in [-0.05, 0) is 37.1 Å². The molecule has 2 heteroatoms. The van der Waals surface area contributed by atoms with Gasteiger partial charge in [-0.25, -0.2) is 0 Å². The fourth-order valence-corrected chi connectivity index (χ4v) is 1.91.